The normalized spacial score (nSPS) is 29.4. The van der Waals surface area contributed by atoms with Gasteiger partial charge in [-0.2, -0.15) is 0 Å². The van der Waals surface area contributed by atoms with Gasteiger partial charge in [0, 0.05) is 55.9 Å². The fourth-order valence-corrected chi connectivity index (χ4v) is 8.68. The van der Waals surface area contributed by atoms with E-state index in [2.05, 4.69) is 23.6 Å². The van der Waals surface area contributed by atoms with Crippen LogP contribution in [0.1, 0.15) is 76.3 Å². The second-order valence-corrected chi connectivity index (χ2v) is 13.9. The molecule has 2 saturated carbocycles. The van der Waals surface area contributed by atoms with E-state index in [1.54, 1.807) is 24.3 Å². The van der Waals surface area contributed by atoms with Crippen molar-refractivity contribution in [3.8, 4) is 0 Å². The van der Waals surface area contributed by atoms with E-state index in [4.69, 9.17) is 0 Å². The van der Waals surface area contributed by atoms with Gasteiger partial charge in [0.1, 0.15) is 6.29 Å². The lowest BCUT2D eigenvalue weighted by molar-refractivity contribution is -0.385. The van der Waals surface area contributed by atoms with E-state index >= 15 is 0 Å². The summed E-state index contributed by atoms with van der Waals surface area (Å²) in [6.45, 7) is 10.7. The van der Waals surface area contributed by atoms with E-state index in [1.807, 2.05) is 12.1 Å². The largest absolute Gasteiger partial charge is 0.395 e. The van der Waals surface area contributed by atoms with Crippen molar-refractivity contribution in [1.29, 1.82) is 0 Å². The smallest absolute Gasteiger partial charge is 0.269 e. The maximum Gasteiger partial charge on any atom is 0.269 e. The number of nitro benzene ring substituents is 2. The number of aldehydes is 1. The quantitative estimate of drug-likeness (QED) is 0.101. The summed E-state index contributed by atoms with van der Waals surface area (Å²) in [7, 11) is 0. The Balaban J connectivity index is 0.000000181. The van der Waals surface area contributed by atoms with E-state index in [0.717, 1.165) is 56.7 Å². The fourth-order valence-electron chi connectivity index (χ4n) is 8.68. The van der Waals surface area contributed by atoms with Gasteiger partial charge >= 0.3 is 0 Å². The number of benzene rings is 2. The van der Waals surface area contributed by atoms with E-state index in [-0.39, 0.29) is 33.2 Å². The molecule has 6 atom stereocenters. The molecule has 2 unspecified atom stereocenters. The molecule has 6 rings (SSSR count). The van der Waals surface area contributed by atoms with Gasteiger partial charge in [-0.15, -0.1) is 0 Å². The van der Waals surface area contributed by atoms with E-state index in [0.29, 0.717) is 23.7 Å². The number of hydrogen-bond acceptors (Lipinski definition) is 8. The summed E-state index contributed by atoms with van der Waals surface area (Å²) in [6.07, 6.45) is 11.1. The second kappa shape index (κ2) is 14.7. The number of piperidine rings is 2. The zero-order valence-corrected chi connectivity index (χ0v) is 27.4. The predicted molar refractivity (Wildman–Crippen MR) is 178 cm³/mol. The Bertz CT molecular complexity index is 1360. The fraction of sp³-hybridized carbons (Fsp3) is 0.639. The second-order valence-electron chi connectivity index (χ2n) is 13.9. The molecule has 2 heterocycles. The Hall–Kier alpha value is -3.21. The van der Waals surface area contributed by atoms with Crippen LogP contribution in [-0.4, -0.2) is 76.9 Å². The van der Waals surface area contributed by atoms with E-state index < -0.39 is 5.41 Å². The molecule has 0 radical (unpaired) electrons. The first-order chi connectivity index (χ1) is 22.3. The highest BCUT2D eigenvalue weighted by Gasteiger charge is 2.69. The van der Waals surface area contributed by atoms with Gasteiger partial charge in [-0.3, -0.25) is 20.2 Å². The molecule has 1 N–H and O–H groups in total. The Morgan fingerprint density at radius 3 is 1.63 bits per heavy atom. The highest BCUT2D eigenvalue weighted by molar-refractivity contribution is 5.77. The van der Waals surface area contributed by atoms with Crippen molar-refractivity contribution in [2.45, 2.75) is 76.0 Å². The average Bonchev–Trinajstić information content (AvgIpc) is 3.65. The lowest BCUT2D eigenvalue weighted by Gasteiger charge is -2.25. The Kier molecular flexibility index (Phi) is 10.9. The minimum atomic E-state index is -0.480. The van der Waals surface area contributed by atoms with Crippen LogP contribution in [0, 0.1) is 43.9 Å². The molecule has 250 valence electrons. The number of nitro groups is 2. The maximum absolute atomic E-state index is 11.8. The minimum Gasteiger partial charge on any atom is -0.395 e. The van der Waals surface area contributed by atoms with Gasteiger partial charge in [-0.25, -0.2) is 0 Å². The molecule has 2 aliphatic heterocycles. The Morgan fingerprint density at radius 1 is 0.739 bits per heavy atom. The van der Waals surface area contributed by atoms with Gasteiger partial charge in [0.05, 0.1) is 21.9 Å². The molecule has 0 amide bonds. The lowest BCUT2D eigenvalue weighted by Crippen LogP contribution is -2.33. The summed E-state index contributed by atoms with van der Waals surface area (Å²) >= 11 is 0. The summed E-state index contributed by atoms with van der Waals surface area (Å²) in [5.74, 6) is 1.54. The third-order valence-corrected chi connectivity index (χ3v) is 11.4. The molecule has 2 aromatic rings. The van der Waals surface area contributed by atoms with E-state index in [1.165, 1.54) is 63.5 Å². The van der Waals surface area contributed by atoms with Crippen molar-refractivity contribution in [3.63, 3.8) is 0 Å². The molecule has 10 heteroatoms. The number of fused-ring (bicyclic) bond motifs is 2. The van der Waals surface area contributed by atoms with Crippen LogP contribution in [0.3, 0.4) is 0 Å². The first-order valence-corrected chi connectivity index (χ1v) is 17.3. The average molecular weight is 635 g/mol. The summed E-state index contributed by atoms with van der Waals surface area (Å²) < 4.78 is 0. The molecule has 0 bridgehead atoms. The van der Waals surface area contributed by atoms with Crippen molar-refractivity contribution < 1.29 is 19.7 Å². The monoisotopic (exact) mass is 634 g/mol. The molecule has 2 saturated heterocycles. The number of aliphatic hydroxyl groups excluding tert-OH is 1. The number of aliphatic hydroxyl groups is 1. The number of carbonyl (C=O) groups is 1. The molecule has 10 nitrogen and oxygen atoms in total. The van der Waals surface area contributed by atoms with Crippen LogP contribution in [0.25, 0.3) is 0 Å². The molecule has 0 spiro atoms. The highest BCUT2D eigenvalue weighted by Crippen LogP contribution is 2.64. The van der Waals surface area contributed by atoms with Gasteiger partial charge < -0.3 is 19.7 Å². The summed E-state index contributed by atoms with van der Waals surface area (Å²) in [5, 5.41) is 32.0. The van der Waals surface area contributed by atoms with Crippen molar-refractivity contribution in [3.05, 3.63) is 79.9 Å². The summed E-state index contributed by atoms with van der Waals surface area (Å²) in [5.41, 5.74) is 1.23. The number of carbonyl (C=O) groups excluding carboxylic acids is 1. The first-order valence-electron chi connectivity index (χ1n) is 17.3. The van der Waals surface area contributed by atoms with Crippen LogP contribution in [-0.2, 0) is 15.6 Å². The molecular formula is C36H50N4O6. The van der Waals surface area contributed by atoms with Gasteiger partial charge in [-0.05, 0) is 60.7 Å². The van der Waals surface area contributed by atoms with Crippen LogP contribution in [0.5, 0.6) is 0 Å². The minimum absolute atomic E-state index is 0.0742. The number of nitrogens with zero attached hydrogens (tertiary/aromatic N) is 4. The zero-order valence-electron chi connectivity index (χ0n) is 27.4. The van der Waals surface area contributed by atoms with Crippen LogP contribution in [0.15, 0.2) is 48.5 Å². The molecule has 4 aliphatic rings. The van der Waals surface area contributed by atoms with Crippen LogP contribution in [0.2, 0.25) is 0 Å². The third-order valence-electron chi connectivity index (χ3n) is 11.4. The standard InChI is InChI=1S/C18H26N2O3.C18H24N2O3/c2*1-2-3-4-5-9-19-11-16-17(12-19)18(16,13-21)14-7-6-8-15(10-14)20(22)23/h6-8,10,16-17,21H,2-5,9,11-13H2,1H3;6-8,10,13,16-17H,2-5,9,11-12H2,1H3/t2*16-,17+,18?. The molecule has 2 aliphatic carbocycles. The molecule has 46 heavy (non-hydrogen) atoms. The van der Waals surface area contributed by atoms with E-state index in [9.17, 15) is 30.1 Å². The van der Waals surface area contributed by atoms with Crippen LogP contribution < -0.4 is 0 Å². The number of hydrogen-bond donors (Lipinski definition) is 1. The number of likely N-dealkylation sites (tertiary alicyclic amines) is 2. The number of non-ortho nitro benzene ring substituents is 2. The molecule has 2 aromatic carbocycles. The molecule has 4 fully saturated rings. The van der Waals surface area contributed by atoms with Crippen LogP contribution in [0.4, 0.5) is 11.4 Å². The predicted octanol–water partition coefficient (Wildman–Crippen LogP) is 6.14. The van der Waals surface area contributed by atoms with Crippen molar-refractivity contribution >= 4 is 17.7 Å². The maximum atomic E-state index is 11.8. The van der Waals surface area contributed by atoms with Gasteiger partial charge in [0.25, 0.3) is 11.4 Å². The first kappa shape index (κ1) is 34.1. The van der Waals surface area contributed by atoms with Crippen LogP contribution >= 0.6 is 0 Å². The Labute approximate surface area is 272 Å². The number of rotatable bonds is 16. The topological polar surface area (TPSA) is 130 Å². The lowest BCUT2D eigenvalue weighted by atomic mass is 9.90. The van der Waals surface area contributed by atoms with Crippen molar-refractivity contribution in [2.75, 3.05) is 45.9 Å². The summed E-state index contributed by atoms with van der Waals surface area (Å²) in [4.78, 5) is 38.0. The van der Waals surface area contributed by atoms with Gasteiger partial charge in [0.2, 0.25) is 0 Å². The SMILES string of the molecule is CCCCCCN1C[C@@H]2[C@H](C1)C2(C=O)c1cccc([N+](=O)[O-])c1.CCCCCCN1C[C@@H]2[C@H](C1)C2(CO)c1cccc([N+](=O)[O-])c1. The number of unbranched alkanes of at least 4 members (excludes halogenated alkanes) is 6. The highest BCUT2D eigenvalue weighted by atomic mass is 16.6. The van der Waals surface area contributed by atoms with Crippen molar-refractivity contribution in [1.82, 2.24) is 9.80 Å². The zero-order chi connectivity index (χ0) is 32.9. The molecular weight excluding hydrogens is 584 g/mol. The third kappa shape index (κ3) is 6.62. The summed E-state index contributed by atoms with van der Waals surface area (Å²) in [6, 6.07) is 13.5. The van der Waals surface area contributed by atoms with Crippen molar-refractivity contribution in [2.24, 2.45) is 23.7 Å². The molecule has 0 aromatic heterocycles. The van der Waals surface area contributed by atoms with Gasteiger partial charge in [0.15, 0.2) is 0 Å². The van der Waals surface area contributed by atoms with Gasteiger partial charge in [-0.1, -0.05) is 76.6 Å². The Morgan fingerprint density at radius 2 is 1.20 bits per heavy atom.